The third-order valence-corrected chi connectivity index (χ3v) is 6.63. The highest BCUT2D eigenvalue weighted by molar-refractivity contribution is 5.23. The SMILES string of the molecule is Cc1c[nH]c(CN2CCOC3(CCN(CC4CCOC4)CC3)C2)c(C)c1=O. The first kappa shape index (κ1) is 19.1. The van der Waals surface area contributed by atoms with Crippen LogP contribution >= 0.6 is 0 Å². The number of H-pyrrole nitrogens is 1. The van der Waals surface area contributed by atoms with Gasteiger partial charge in [-0.05, 0) is 39.0 Å². The molecule has 0 radical (unpaired) electrons. The number of aromatic nitrogens is 1. The summed E-state index contributed by atoms with van der Waals surface area (Å²) in [4.78, 5) is 20.6. The van der Waals surface area contributed by atoms with Gasteiger partial charge in [-0.1, -0.05) is 0 Å². The molecule has 1 atom stereocenters. The van der Waals surface area contributed by atoms with E-state index in [0.29, 0.717) is 5.92 Å². The monoisotopic (exact) mass is 375 g/mol. The summed E-state index contributed by atoms with van der Waals surface area (Å²) in [5, 5.41) is 0. The maximum absolute atomic E-state index is 12.2. The molecule has 0 saturated carbocycles. The lowest BCUT2D eigenvalue weighted by atomic mass is 9.88. The summed E-state index contributed by atoms with van der Waals surface area (Å²) in [7, 11) is 0. The van der Waals surface area contributed by atoms with Gasteiger partial charge in [-0.3, -0.25) is 9.69 Å². The number of nitrogens with one attached hydrogen (secondary N) is 1. The normalized spacial score (nSPS) is 26.7. The molecule has 1 aromatic heterocycles. The number of morpholine rings is 1. The molecule has 0 bridgehead atoms. The number of aryl methyl sites for hydroxylation is 1. The van der Waals surface area contributed by atoms with Crippen LogP contribution in [0, 0.1) is 19.8 Å². The van der Waals surface area contributed by atoms with Gasteiger partial charge in [0.05, 0.1) is 18.8 Å². The van der Waals surface area contributed by atoms with Gasteiger partial charge < -0.3 is 19.4 Å². The first-order valence-electron chi connectivity index (χ1n) is 10.4. The van der Waals surface area contributed by atoms with Crippen LogP contribution in [0.4, 0.5) is 0 Å². The van der Waals surface area contributed by atoms with E-state index in [1.54, 1.807) is 0 Å². The molecule has 4 heterocycles. The Labute approximate surface area is 161 Å². The minimum atomic E-state index is -0.0141. The Morgan fingerprint density at radius 3 is 2.74 bits per heavy atom. The quantitative estimate of drug-likeness (QED) is 0.868. The fraction of sp³-hybridized carbons (Fsp3) is 0.762. The fourth-order valence-electron chi connectivity index (χ4n) is 4.79. The summed E-state index contributed by atoms with van der Waals surface area (Å²) >= 11 is 0. The van der Waals surface area contributed by atoms with E-state index in [9.17, 15) is 4.79 Å². The van der Waals surface area contributed by atoms with Gasteiger partial charge in [0.15, 0.2) is 5.43 Å². The van der Waals surface area contributed by atoms with Crippen LogP contribution in [0.15, 0.2) is 11.0 Å². The van der Waals surface area contributed by atoms with Crippen molar-refractivity contribution in [2.24, 2.45) is 5.92 Å². The topological polar surface area (TPSA) is 57.8 Å². The summed E-state index contributed by atoms with van der Waals surface area (Å²) < 4.78 is 11.8. The molecule has 150 valence electrons. The van der Waals surface area contributed by atoms with E-state index >= 15 is 0 Å². The van der Waals surface area contributed by atoms with Crippen molar-refractivity contribution in [1.29, 1.82) is 0 Å². The molecular formula is C21H33N3O3. The van der Waals surface area contributed by atoms with Gasteiger partial charge in [-0.2, -0.15) is 0 Å². The molecule has 6 nitrogen and oxygen atoms in total. The van der Waals surface area contributed by atoms with Gasteiger partial charge in [-0.25, -0.2) is 0 Å². The molecular weight excluding hydrogens is 342 g/mol. The zero-order valence-electron chi connectivity index (χ0n) is 16.8. The zero-order chi connectivity index (χ0) is 18.9. The van der Waals surface area contributed by atoms with Gasteiger partial charge in [0, 0.05) is 68.9 Å². The molecule has 0 aliphatic carbocycles. The maximum atomic E-state index is 12.2. The van der Waals surface area contributed by atoms with Gasteiger partial charge in [0.2, 0.25) is 0 Å². The fourth-order valence-corrected chi connectivity index (χ4v) is 4.79. The Hall–Kier alpha value is -1.21. The number of likely N-dealkylation sites (tertiary alicyclic amines) is 1. The van der Waals surface area contributed by atoms with Crippen molar-refractivity contribution in [3.05, 3.63) is 33.2 Å². The molecule has 4 rings (SSSR count). The van der Waals surface area contributed by atoms with Gasteiger partial charge in [0.25, 0.3) is 0 Å². The minimum Gasteiger partial charge on any atom is -0.381 e. The maximum Gasteiger partial charge on any atom is 0.187 e. The lowest BCUT2D eigenvalue weighted by Crippen LogP contribution is -2.57. The van der Waals surface area contributed by atoms with Gasteiger partial charge in [0.1, 0.15) is 0 Å². The third kappa shape index (κ3) is 4.29. The average molecular weight is 376 g/mol. The second-order valence-corrected chi connectivity index (χ2v) is 8.68. The van der Waals surface area contributed by atoms with Gasteiger partial charge in [-0.15, -0.1) is 0 Å². The lowest BCUT2D eigenvalue weighted by Gasteiger charge is -2.47. The van der Waals surface area contributed by atoms with Crippen molar-refractivity contribution in [3.8, 4) is 0 Å². The number of piperidine rings is 1. The first-order valence-corrected chi connectivity index (χ1v) is 10.4. The summed E-state index contributed by atoms with van der Waals surface area (Å²) in [6, 6.07) is 0. The molecule has 27 heavy (non-hydrogen) atoms. The van der Waals surface area contributed by atoms with Crippen molar-refractivity contribution in [2.75, 3.05) is 52.5 Å². The molecule has 1 spiro atoms. The number of ether oxygens (including phenoxy) is 2. The van der Waals surface area contributed by atoms with Gasteiger partial charge >= 0.3 is 0 Å². The number of hydrogen-bond acceptors (Lipinski definition) is 5. The Morgan fingerprint density at radius 1 is 1.19 bits per heavy atom. The first-order chi connectivity index (χ1) is 13.0. The number of rotatable bonds is 4. The highest BCUT2D eigenvalue weighted by Gasteiger charge is 2.40. The second-order valence-electron chi connectivity index (χ2n) is 8.68. The van der Waals surface area contributed by atoms with Crippen molar-refractivity contribution < 1.29 is 9.47 Å². The molecule has 1 aromatic rings. The van der Waals surface area contributed by atoms with Crippen molar-refractivity contribution in [2.45, 2.75) is 45.3 Å². The standard InChI is InChI=1S/C21H33N3O3/c1-16-11-22-19(17(2)20(16)25)13-24-8-10-27-21(15-24)4-6-23(7-5-21)12-18-3-9-26-14-18/h11,18H,3-10,12-15H2,1-2H3,(H,22,25). The van der Waals surface area contributed by atoms with E-state index in [4.69, 9.17) is 9.47 Å². The average Bonchev–Trinajstić information content (AvgIpc) is 3.18. The largest absolute Gasteiger partial charge is 0.381 e. The Kier molecular flexibility index (Phi) is 5.69. The number of aromatic amines is 1. The highest BCUT2D eigenvalue weighted by atomic mass is 16.5. The van der Waals surface area contributed by atoms with Crippen LogP contribution in [-0.2, 0) is 16.0 Å². The Balaban J connectivity index is 1.34. The molecule has 3 fully saturated rings. The molecule has 0 amide bonds. The van der Waals surface area contributed by atoms with Crippen molar-refractivity contribution in [1.82, 2.24) is 14.8 Å². The van der Waals surface area contributed by atoms with E-state index in [0.717, 1.165) is 82.2 Å². The molecule has 0 aromatic carbocycles. The molecule has 3 aliphatic heterocycles. The predicted octanol–water partition coefficient (Wildman–Crippen LogP) is 1.70. The van der Waals surface area contributed by atoms with Crippen molar-refractivity contribution in [3.63, 3.8) is 0 Å². The third-order valence-electron chi connectivity index (χ3n) is 6.63. The smallest absolute Gasteiger partial charge is 0.187 e. The van der Waals surface area contributed by atoms with E-state index in [2.05, 4.69) is 14.8 Å². The van der Waals surface area contributed by atoms with Crippen LogP contribution in [0.5, 0.6) is 0 Å². The number of nitrogens with zero attached hydrogens (tertiary/aromatic N) is 2. The summed E-state index contributed by atoms with van der Waals surface area (Å²) in [5.41, 5.74) is 2.83. The van der Waals surface area contributed by atoms with Crippen LogP contribution in [0.25, 0.3) is 0 Å². The minimum absolute atomic E-state index is 0.0141. The van der Waals surface area contributed by atoms with E-state index in [1.165, 1.54) is 13.0 Å². The second kappa shape index (κ2) is 8.03. The van der Waals surface area contributed by atoms with Crippen molar-refractivity contribution >= 4 is 0 Å². The summed E-state index contributed by atoms with van der Waals surface area (Å²) in [6.07, 6.45) is 5.24. The Morgan fingerprint density at radius 2 is 2.00 bits per heavy atom. The zero-order valence-corrected chi connectivity index (χ0v) is 16.8. The van der Waals surface area contributed by atoms with E-state index in [1.807, 2.05) is 20.0 Å². The molecule has 1 N–H and O–H groups in total. The lowest BCUT2D eigenvalue weighted by molar-refractivity contribution is -0.138. The molecule has 3 aliphatic rings. The van der Waals surface area contributed by atoms with Crippen LogP contribution < -0.4 is 5.43 Å². The predicted molar refractivity (Wildman–Crippen MR) is 105 cm³/mol. The van der Waals surface area contributed by atoms with E-state index < -0.39 is 0 Å². The number of pyridine rings is 1. The highest BCUT2D eigenvalue weighted by Crippen LogP contribution is 2.31. The van der Waals surface area contributed by atoms with Crippen LogP contribution in [0.1, 0.15) is 36.1 Å². The molecule has 3 saturated heterocycles. The Bertz CT molecular complexity index is 703. The molecule has 1 unspecified atom stereocenters. The van der Waals surface area contributed by atoms with E-state index in [-0.39, 0.29) is 11.0 Å². The van der Waals surface area contributed by atoms with Crippen LogP contribution in [0.2, 0.25) is 0 Å². The summed E-state index contributed by atoms with van der Waals surface area (Å²) in [5.74, 6) is 0.712. The van der Waals surface area contributed by atoms with Crippen LogP contribution in [0.3, 0.4) is 0 Å². The number of hydrogen-bond donors (Lipinski definition) is 1. The molecule has 6 heteroatoms. The summed E-state index contributed by atoms with van der Waals surface area (Å²) in [6.45, 7) is 12.5. The van der Waals surface area contributed by atoms with Crippen LogP contribution in [-0.4, -0.2) is 72.9 Å².